The second-order valence-corrected chi connectivity index (χ2v) is 10.3. The van der Waals surface area contributed by atoms with E-state index in [9.17, 15) is 35.9 Å². The summed E-state index contributed by atoms with van der Waals surface area (Å²) >= 11 is 0. The standard InChI is InChI=1S/C26H28F6N4O4/c1-24(2,39-19-6-8-20(9-7-19)40-26(30,31)32)23(38)35-16-11-17-4-5-18(12-16)36(17)21-10-3-15(13-33-21)22(37)34-14-25(27,28)29/h3,6-10,13,16-18H,4-5,11-12,14H2,1-2H3,(H,34,37)(H,35,38). The van der Waals surface area contributed by atoms with Crippen molar-refractivity contribution in [1.29, 1.82) is 0 Å². The molecule has 2 amide bonds. The lowest BCUT2D eigenvalue weighted by Gasteiger charge is -2.40. The van der Waals surface area contributed by atoms with Gasteiger partial charge < -0.3 is 25.0 Å². The molecule has 0 aliphatic carbocycles. The number of hydrogen-bond donors (Lipinski definition) is 2. The molecule has 4 rings (SSSR count). The van der Waals surface area contributed by atoms with E-state index in [1.807, 2.05) is 5.32 Å². The Labute approximate surface area is 226 Å². The molecule has 2 fully saturated rings. The zero-order valence-electron chi connectivity index (χ0n) is 21.6. The molecule has 2 N–H and O–H groups in total. The Morgan fingerprint density at radius 2 is 1.50 bits per heavy atom. The van der Waals surface area contributed by atoms with Crippen molar-refractivity contribution in [2.24, 2.45) is 0 Å². The van der Waals surface area contributed by atoms with Crippen molar-refractivity contribution < 1.29 is 45.4 Å². The summed E-state index contributed by atoms with van der Waals surface area (Å²) in [6.07, 6.45) is -5.11. The summed E-state index contributed by atoms with van der Waals surface area (Å²) in [5, 5.41) is 4.83. The maximum Gasteiger partial charge on any atom is 0.573 e. The number of aromatic nitrogens is 1. The zero-order valence-corrected chi connectivity index (χ0v) is 21.6. The number of pyridine rings is 1. The van der Waals surface area contributed by atoms with Gasteiger partial charge in [0.25, 0.3) is 11.8 Å². The van der Waals surface area contributed by atoms with Crippen LogP contribution in [-0.4, -0.2) is 59.6 Å². The first-order chi connectivity index (χ1) is 18.6. The highest BCUT2D eigenvalue weighted by atomic mass is 19.4. The second kappa shape index (κ2) is 11.0. The SMILES string of the molecule is CC(C)(Oc1ccc(OC(F)(F)F)cc1)C(=O)NC1CC2CCC(C1)N2c1ccc(C(=O)NCC(F)(F)F)cn1. The van der Waals surface area contributed by atoms with Crippen LogP contribution in [0.5, 0.6) is 11.5 Å². The molecule has 3 heterocycles. The number of hydrogen-bond acceptors (Lipinski definition) is 6. The van der Waals surface area contributed by atoms with Gasteiger partial charge in [0.1, 0.15) is 23.9 Å². The molecule has 40 heavy (non-hydrogen) atoms. The van der Waals surface area contributed by atoms with E-state index < -0.39 is 36.3 Å². The molecule has 0 saturated carbocycles. The Balaban J connectivity index is 1.32. The van der Waals surface area contributed by atoms with Gasteiger partial charge in [-0.3, -0.25) is 9.59 Å². The number of piperidine rings is 1. The number of halogens is 6. The second-order valence-electron chi connectivity index (χ2n) is 10.3. The summed E-state index contributed by atoms with van der Waals surface area (Å²) in [5.41, 5.74) is -1.29. The lowest BCUT2D eigenvalue weighted by atomic mass is 9.96. The maximum absolute atomic E-state index is 13.1. The first kappa shape index (κ1) is 29.3. The van der Waals surface area contributed by atoms with Gasteiger partial charge in [0.15, 0.2) is 5.60 Å². The third-order valence-electron chi connectivity index (χ3n) is 6.77. The Kier molecular flexibility index (Phi) is 8.08. The van der Waals surface area contributed by atoms with Crippen LogP contribution in [0, 0.1) is 0 Å². The summed E-state index contributed by atoms with van der Waals surface area (Å²) in [6, 6.07) is 7.77. The van der Waals surface area contributed by atoms with Crippen LogP contribution in [-0.2, 0) is 4.79 Å². The minimum absolute atomic E-state index is 0.0206. The van der Waals surface area contributed by atoms with Crippen LogP contribution in [0.25, 0.3) is 0 Å². The van der Waals surface area contributed by atoms with Gasteiger partial charge in [-0.2, -0.15) is 13.2 Å². The molecule has 2 atom stereocenters. The Bertz CT molecular complexity index is 1190. The number of nitrogens with zero attached hydrogens (tertiary/aromatic N) is 2. The zero-order chi connectivity index (χ0) is 29.3. The van der Waals surface area contributed by atoms with Gasteiger partial charge in [-0.05, 0) is 75.9 Å². The van der Waals surface area contributed by atoms with Crippen LogP contribution in [0.2, 0.25) is 0 Å². The molecular weight excluding hydrogens is 546 g/mol. The average molecular weight is 575 g/mol. The maximum atomic E-state index is 13.1. The van der Waals surface area contributed by atoms with Crippen molar-refractivity contribution in [2.45, 2.75) is 75.8 Å². The van der Waals surface area contributed by atoms with Crippen LogP contribution >= 0.6 is 0 Å². The van der Waals surface area contributed by atoms with Crippen molar-refractivity contribution in [3.63, 3.8) is 0 Å². The number of amides is 2. The first-order valence-corrected chi connectivity index (χ1v) is 12.5. The van der Waals surface area contributed by atoms with Gasteiger partial charge in [-0.15, -0.1) is 13.2 Å². The molecule has 2 aromatic rings. The number of ether oxygens (including phenoxy) is 2. The molecule has 2 aliphatic rings. The van der Waals surface area contributed by atoms with Gasteiger partial charge in [-0.25, -0.2) is 4.98 Å². The number of alkyl halides is 6. The number of anilines is 1. The van der Waals surface area contributed by atoms with Gasteiger partial charge in [-0.1, -0.05) is 0 Å². The normalized spacial score (nSPS) is 21.1. The monoisotopic (exact) mass is 574 g/mol. The van der Waals surface area contributed by atoms with Crippen molar-refractivity contribution in [3.05, 3.63) is 48.2 Å². The molecule has 218 valence electrons. The number of carbonyl (C=O) groups excluding carboxylic acids is 2. The largest absolute Gasteiger partial charge is 0.573 e. The first-order valence-electron chi connectivity index (χ1n) is 12.5. The highest BCUT2D eigenvalue weighted by molar-refractivity contribution is 5.94. The highest BCUT2D eigenvalue weighted by Crippen LogP contribution is 2.39. The lowest BCUT2D eigenvalue weighted by molar-refractivity contribution is -0.274. The molecule has 0 spiro atoms. The van der Waals surface area contributed by atoms with Gasteiger partial charge in [0, 0.05) is 24.3 Å². The molecule has 2 saturated heterocycles. The fourth-order valence-electron chi connectivity index (χ4n) is 5.03. The Hall–Kier alpha value is -3.71. The van der Waals surface area contributed by atoms with Gasteiger partial charge in [0.05, 0.1) is 5.56 Å². The van der Waals surface area contributed by atoms with E-state index in [4.69, 9.17) is 4.74 Å². The van der Waals surface area contributed by atoms with E-state index in [0.717, 1.165) is 25.0 Å². The van der Waals surface area contributed by atoms with Gasteiger partial charge >= 0.3 is 12.5 Å². The minimum atomic E-state index is -4.81. The summed E-state index contributed by atoms with van der Waals surface area (Å²) < 4.78 is 83.8. The van der Waals surface area contributed by atoms with Crippen LogP contribution in [0.4, 0.5) is 32.2 Å². The molecule has 2 aliphatic heterocycles. The van der Waals surface area contributed by atoms with E-state index in [-0.39, 0.29) is 35.3 Å². The average Bonchev–Trinajstić information content (AvgIpc) is 3.12. The number of rotatable bonds is 8. The molecular formula is C26H28F6N4O4. The third kappa shape index (κ3) is 7.48. The highest BCUT2D eigenvalue weighted by Gasteiger charge is 2.43. The summed E-state index contributed by atoms with van der Waals surface area (Å²) in [6.45, 7) is 1.69. The third-order valence-corrected chi connectivity index (χ3v) is 6.77. The van der Waals surface area contributed by atoms with Crippen LogP contribution in [0.3, 0.4) is 0 Å². The smallest absolute Gasteiger partial charge is 0.478 e. The van der Waals surface area contributed by atoms with Crippen LogP contribution in [0.15, 0.2) is 42.6 Å². The van der Waals surface area contributed by atoms with E-state index in [2.05, 4.69) is 19.9 Å². The number of carbonyl (C=O) groups is 2. The number of nitrogens with one attached hydrogen (secondary N) is 2. The summed E-state index contributed by atoms with van der Waals surface area (Å²) in [7, 11) is 0. The van der Waals surface area contributed by atoms with Crippen molar-refractivity contribution in [1.82, 2.24) is 15.6 Å². The Morgan fingerprint density at radius 3 is 2.00 bits per heavy atom. The van der Waals surface area contributed by atoms with Crippen molar-refractivity contribution >= 4 is 17.6 Å². The van der Waals surface area contributed by atoms with E-state index in [1.54, 1.807) is 19.9 Å². The van der Waals surface area contributed by atoms with Gasteiger partial charge in [0.2, 0.25) is 0 Å². The van der Waals surface area contributed by atoms with Crippen molar-refractivity contribution in [2.75, 3.05) is 11.4 Å². The molecule has 1 aromatic heterocycles. The van der Waals surface area contributed by atoms with Crippen LogP contribution < -0.4 is 25.0 Å². The van der Waals surface area contributed by atoms with E-state index >= 15 is 0 Å². The Morgan fingerprint density at radius 1 is 0.925 bits per heavy atom. The molecule has 2 unspecified atom stereocenters. The molecule has 14 heteroatoms. The topological polar surface area (TPSA) is 92.8 Å². The fraction of sp³-hybridized carbons (Fsp3) is 0.500. The predicted molar refractivity (Wildman–Crippen MR) is 131 cm³/mol. The molecule has 1 aromatic carbocycles. The van der Waals surface area contributed by atoms with E-state index in [1.165, 1.54) is 24.4 Å². The van der Waals surface area contributed by atoms with Crippen molar-refractivity contribution in [3.8, 4) is 11.5 Å². The lowest BCUT2D eigenvalue weighted by Crippen LogP contribution is -2.55. The summed E-state index contributed by atoms with van der Waals surface area (Å²) in [4.78, 5) is 31.4. The predicted octanol–water partition coefficient (Wildman–Crippen LogP) is 4.75. The van der Waals surface area contributed by atoms with Crippen LogP contribution in [0.1, 0.15) is 49.9 Å². The summed E-state index contributed by atoms with van der Waals surface area (Å²) in [5.74, 6) is -0.847. The quantitative estimate of drug-likeness (QED) is 0.443. The number of benzene rings is 1. The molecule has 2 bridgehead atoms. The molecule has 8 nitrogen and oxygen atoms in total. The minimum Gasteiger partial charge on any atom is -0.478 e. The van der Waals surface area contributed by atoms with E-state index in [0.29, 0.717) is 18.7 Å². The fourth-order valence-corrected chi connectivity index (χ4v) is 5.03. The molecule has 0 radical (unpaired) electrons. The number of fused-ring (bicyclic) bond motifs is 2.